The topological polar surface area (TPSA) is 107 Å². The highest BCUT2D eigenvalue weighted by molar-refractivity contribution is 7.19. The number of primary amides is 1. The quantitative estimate of drug-likeness (QED) is 0.708. The number of amides is 1. The van der Waals surface area contributed by atoms with Crippen LogP contribution in [0, 0.1) is 5.92 Å². The predicted molar refractivity (Wildman–Crippen MR) is 74.4 cm³/mol. The number of hydrogen-bond acceptors (Lipinski definition) is 6. The molecule has 1 aliphatic carbocycles. The van der Waals surface area contributed by atoms with Crippen LogP contribution in [0.1, 0.15) is 40.3 Å². The van der Waals surface area contributed by atoms with Gasteiger partial charge in [-0.15, -0.1) is 11.3 Å². The minimum atomic E-state index is -0.639. The molecular weight excluding hydrogens is 266 g/mol. The van der Waals surface area contributed by atoms with Crippen LogP contribution in [0.2, 0.25) is 0 Å². The fraction of sp³-hybridized carbons (Fsp3) is 0.500. The standard InChI is InChI=1S/C12H17N3O3S/c1-3-18-12(17)9-8(13)7(10(14)16)11(19-9)15-6-4-5(6)2/h5-6,15H,3-4,13H2,1-2H3,(H2,14,16). The summed E-state index contributed by atoms with van der Waals surface area (Å²) in [5.41, 5.74) is 11.5. The first-order chi connectivity index (χ1) is 8.95. The zero-order valence-electron chi connectivity index (χ0n) is 10.9. The molecule has 1 fully saturated rings. The molecule has 5 N–H and O–H groups in total. The van der Waals surface area contributed by atoms with E-state index in [1.165, 1.54) is 0 Å². The average molecular weight is 283 g/mol. The molecule has 1 aromatic heterocycles. The van der Waals surface area contributed by atoms with Gasteiger partial charge in [0.2, 0.25) is 0 Å². The van der Waals surface area contributed by atoms with E-state index in [4.69, 9.17) is 16.2 Å². The van der Waals surface area contributed by atoms with E-state index >= 15 is 0 Å². The summed E-state index contributed by atoms with van der Waals surface area (Å²) in [6, 6.07) is 0.311. The first kappa shape index (κ1) is 13.7. The summed E-state index contributed by atoms with van der Waals surface area (Å²) in [4.78, 5) is 23.5. The molecule has 1 amide bonds. The van der Waals surface area contributed by atoms with Crippen molar-refractivity contribution in [2.75, 3.05) is 17.7 Å². The van der Waals surface area contributed by atoms with E-state index in [1.54, 1.807) is 6.92 Å². The number of carbonyl (C=O) groups excluding carboxylic acids is 2. The predicted octanol–water partition coefficient (Wildman–Crippen LogP) is 1.43. The normalized spacial score (nSPS) is 20.9. The Morgan fingerprint density at radius 2 is 2.16 bits per heavy atom. The highest BCUT2D eigenvalue weighted by Gasteiger charge is 2.35. The summed E-state index contributed by atoms with van der Waals surface area (Å²) < 4.78 is 4.91. The molecule has 0 spiro atoms. The maximum Gasteiger partial charge on any atom is 0.350 e. The molecule has 0 aliphatic heterocycles. The van der Waals surface area contributed by atoms with Gasteiger partial charge in [0, 0.05) is 6.04 Å². The summed E-state index contributed by atoms with van der Waals surface area (Å²) in [5, 5.41) is 3.76. The van der Waals surface area contributed by atoms with Gasteiger partial charge in [-0.05, 0) is 19.3 Å². The van der Waals surface area contributed by atoms with Crippen LogP contribution in [-0.2, 0) is 4.74 Å². The van der Waals surface area contributed by atoms with Crippen molar-refractivity contribution in [2.24, 2.45) is 11.7 Å². The maximum atomic E-state index is 11.7. The molecule has 6 nitrogen and oxygen atoms in total. The fourth-order valence-electron chi connectivity index (χ4n) is 1.83. The van der Waals surface area contributed by atoms with Crippen molar-refractivity contribution in [1.82, 2.24) is 0 Å². The van der Waals surface area contributed by atoms with Crippen molar-refractivity contribution >= 4 is 33.9 Å². The minimum Gasteiger partial charge on any atom is -0.462 e. The van der Waals surface area contributed by atoms with Crippen molar-refractivity contribution < 1.29 is 14.3 Å². The second kappa shape index (κ2) is 5.08. The number of anilines is 2. The molecule has 1 aromatic rings. The third-order valence-corrected chi connectivity index (χ3v) is 4.20. The zero-order valence-corrected chi connectivity index (χ0v) is 11.7. The minimum absolute atomic E-state index is 0.103. The Morgan fingerprint density at radius 1 is 1.53 bits per heavy atom. The fourth-order valence-corrected chi connectivity index (χ4v) is 2.91. The third kappa shape index (κ3) is 2.65. The number of nitrogen functional groups attached to an aromatic ring is 1. The number of esters is 1. The smallest absolute Gasteiger partial charge is 0.350 e. The molecule has 1 heterocycles. The van der Waals surface area contributed by atoms with E-state index in [2.05, 4.69) is 12.2 Å². The van der Waals surface area contributed by atoms with Gasteiger partial charge in [-0.1, -0.05) is 6.92 Å². The SMILES string of the molecule is CCOC(=O)c1sc(NC2CC2C)c(C(N)=O)c1N. The molecule has 2 unspecified atom stereocenters. The van der Waals surface area contributed by atoms with E-state index in [1.807, 2.05) is 0 Å². The first-order valence-electron chi connectivity index (χ1n) is 6.11. The number of ether oxygens (including phenoxy) is 1. The Kier molecular flexibility index (Phi) is 3.66. The van der Waals surface area contributed by atoms with E-state index in [0.29, 0.717) is 17.0 Å². The summed E-state index contributed by atoms with van der Waals surface area (Å²) in [6.45, 7) is 4.07. The van der Waals surface area contributed by atoms with Crippen LogP contribution < -0.4 is 16.8 Å². The van der Waals surface area contributed by atoms with Gasteiger partial charge in [-0.2, -0.15) is 0 Å². The van der Waals surface area contributed by atoms with Gasteiger partial charge in [-0.3, -0.25) is 4.79 Å². The van der Waals surface area contributed by atoms with E-state index in [0.717, 1.165) is 17.8 Å². The summed E-state index contributed by atoms with van der Waals surface area (Å²) in [6.07, 6.45) is 1.03. The molecule has 0 aromatic carbocycles. The van der Waals surface area contributed by atoms with E-state index < -0.39 is 11.9 Å². The van der Waals surface area contributed by atoms with Crippen molar-refractivity contribution in [2.45, 2.75) is 26.3 Å². The number of hydrogen-bond donors (Lipinski definition) is 3. The van der Waals surface area contributed by atoms with Gasteiger partial charge in [0.05, 0.1) is 17.9 Å². The number of nitrogens with one attached hydrogen (secondary N) is 1. The number of thiophene rings is 1. The summed E-state index contributed by atoms with van der Waals surface area (Å²) in [7, 11) is 0. The second-order valence-electron chi connectivity index (χ2n) is 4.60. The lowest BCUT2D eigenvalue weighted by atomic mass is 10.2. The van der Waals surface area contributed by atoms with Crippen LogP contribution >= 0.6 is 11.3 Å². The summed E-state index contributed by atoms with van der Waals surface area (Å²) >= 11 is 1.12. The Labute approximate surface area is 115 Å². The molecule has 1 saturated carbocycles. The Morgan fingerprint density at radius 3 is 2.63 bits per heavy atom. The van der Waals surface area contributed by atoms with Gasteiger partial charge in [-0.25, -0.2) is 4.79 Å². The molecule has 0 bridgehead atoms. The van der Waals surface area contributed by atoms with Crippen LogP contribution in [0.15, 0.2) is 0 Å². The highest BCUT2D eigenvalue weighted by Crippen LogP contribution is 2.40. The maximum absolute atomic E-state index is 11.7. The monoisotopic (exact) mass is 283 g/mol. The van der Waals surface area contributed by atoms with Crippen LogP contribution in [0.5, 0.6) is 0 Å². The van der Waals surface area contributed by atoms with Gasteiger partial charge in [0.25, 0.3) is 5.91 Å². The number of carbonyl (C=O) groups is 2. The van der Waals surface area contributed by atoms with Crippen molar-refractivity contribution in [3.05, 3.63) is 10.4 Å². The third-order valence-electron chi connectivity index (χ3n) is 3.08. The van der Waals surface area contributed by atoms with Crippen molar-refractivity contribution in [1.29, 1.82) is 0 Å². The molecule has 19 heavy (non-hydrogen) atoms. The van der Waals surface area contributed by atoms with Gasteiger partial charge >= 0.3 is 5.97 Å². The Balaban J connectivity index is 2.33. The Hall–Kier alpha value is -1.76. The first-order valence-corrected chi connectivity index (χ1v) is 6.93. The van der Waals surface area contributed by atoms with Gasteiger partial charge in [0.1, 0.15) is 9.88 Å². The molecule has 0 saturated heterocycles. The highest BCUT2D eigenvalue weighted by atomic mass is 32.1. The molecular formula is C12H17N3O3S. The number of rotatable bonds is 5. The molecule has 2 atom stereocenters. The number of nitrogens with two attached hydrogens (primary N) is 2. The lowest BCUT2D eigenvalue weighted by molar-refractivity contribution is 0.0533. The van der Waals surface area contributed by atoms with Crippen LogP contribution in [0.4, 0.5) is 10.7 Å². The van der Waals surface area contributed by atoms with Crippen LogP contribution in [-0.4, -0.2) is 24.5 Å². The van der Waals surface area contributed by atoms with Crippen molar-refractivity contribution in [3.8, 4) is 0 Å². The average Bonchev–Trinajstić information content (AvgIpc) is 2.89. The van der Waals surface area contributed by atoms with E-state index in [-0.39, 0.29) is 22.7 Å². The van der Waals surface area contributed by atoms with E-state index in [9.17, 15) is 9.59 Å². The second-order valence-corrected chi connectivity index (χ2v) is 5.62. The van der Waals surface area contributed by atoms with Gasteiger partial charge < -0.3 is 21.5 Å². The molecule has 104 valence electrons. The van der Waals surface area contributed by atoms with Crippen molar-refractivity contribution in [3.63, 3.8) is 0 Å². The van der Waals surface area contributed by atoms with Crippen LogP contribution in [0.25, 0.3) is 0 Å². The molecule has 1 aliphatic rings. The zero-order chi connectivity index (χ0) is 14.2. The van der Waals surface area contributed by atoms with Gasteiger partial charge in [0.15, 0.2) is 0 Å². The summed E-state index contributed by atoms with van der Waals surface area (Å²) in [5.74, 6) is -0.611. The lowest BCUT2D eigenvalue weighted by Crippen LogP contribution is -2.16. The largest absolute Gasteiger partial charge is 0.462 e. The Bertz CT molecular complexity index is 527. The molecule has 7 heteroatoms. The lowest BCUT2D eigenvalue weighted by Gasteiger charge is -2.03. The molecule has 2 rings (SSSR count). The molecule has 0 radical (unpaired) electrons. The van der Waals surface area contributed by atoms with Crippen LogP contribution in [0.3, 0.4) is 0 Å².